The van der Waals surface area contributed by atoms with Crippen LogP contribution in [0, 0.1) is 0 Å². The molecule has 8 nitrogen and oxygen atoms in total. The lowest BCUT2D eigenvalue weighted by Crippen LogP contribution is -2.54. The maximum absolute atomic E-state index is 13.7. The first-order valence-corrected chi connectivity index (χ1v) is 13.0. The lowest BCUT2D eigenvalue weighted by molar-refractivity contribution is -0.144. The van der Waals surface area contributed by atoms with Crippen molar-refractivity contribution in [3.63, 3.8) is 0 Å². The van der Waals surface area contributed by atoms with Crippen molar-refractivity contribution in [3.05, 3.63) is 64.4 Å². The Bertz CT molecular complexity index is 1370. The largest absolute Gasteiger partial charge is 0.451 e. The molecule has 2 unspecified atom stereocenters. The zero-order valence-electron chi connectivity index (χ0n) is 21.5. The van der Waals surface area contributed by atoms with Gasteiger partial charge in [0.25, 0.3) is 5.91 Å². The number of benzene rings is 2. The van der Waals surface area contributed by atoms with Crippen LogP contribution in [0.4, 0.5) is 19.0 Å². The molecular weight excluding hydrogens is 535 g/mol. The molecule has 1 amide bonds. The predicted molar refractivity (Wildman–Crippen MR) is 141 cm³/mol. The van der Waals surface area contributed by atoms with E-state index in [0.29, 0.717) is 47.7 Å². The van der Waals surface area contributed by atoms with Gasteiger partial charge in [0.1, 0.15) is 5.82 Å². The maximum atomic E-state index is 13.7. The first-order chi connectivity index (χ1) is 18.3. The number of alkyl halides is 3. The molecule has 2 aliphatic rings. The fraction of sp³-hybridized carbons (Fsp3) is 0.444. The summed E-state index contributed by atoms with van der Waals surface area (Å²) in [7, 11) is 0. The van der Waals surface area contributed by atoms with Crippen LogP contribution in [0.15, 0.2) is 42.5 Å². The molecule has 3 aromatic rings. The third-order valence-corrected chi connectivity index (χ3v) is 7.61. The normalized spacial score (nSPS) is 21.1. The van der Waals surface area contributed by atoms with Crippen molar-refractivity contribution in [3.8, 4) is 0 Å². The number of piperazine rings is 1. The van der Waals surface area contributed by atoms with Crippen LogP contribution in [-0.2, 0) is 11.8 Å². The fourth-order valence-electron chi connectivity index (χ4n) is 5.19. The second kappa shape index (κ2) is 10.2. The van der Waals surface area contributed by atoms with Gasteiger partial charge in [-0.15, -0.1) is 0 Å². The molecule has 0 spiro atoms. The van der Waals surface area contributed by atoms with Gasteiger partial charge in [-0.25, -0.2) is 9.97 Å². The number of hydrogen-bond donors (Lipinski definition) is 2. The molecule has 12 heteroatoms. The second-order valence-electron chi connectivity index (χ2n) is 10.5. The molecule has 2 aliphatic heterocycles. The molecule has 0 saturated carbocycles. The number of halogens is 4. The Balaban J connectivity index is 1.36. The van der Waals surface area contributed by atoms with Gasteiger partial charge in [0, 0.05) is 55.2 Å². The lowest BCUT2D eigenvalue weighted by atomic mass is 9.97. The van der Waals surface area contributed by atoms with Gasteiger partial charge in [-0.3, -0.25) is 9.69 Å². The highest BCUT2D eigenvalue weighted by atomic mass is 35.5. The Morgan fingerprint density at radius 1 is 1.00 bits per heavy atom. The molecule has 0 bridgehead atoms. The molecule has 0 aliphatic carbocycles. The molecule has 5 rings (SSSR count). The highest BCUT2D eigenvalue weighted by molar-refractivity contribution is 6.30. The van der Waals surface area contributed by atoms with Gasteiger partial charge in [-0.05, 0) is 55.8 Å². The molecule has 2 N–H and O–H groups in total. The van der Waals surface area contributed by atoms with Crippen LogP contribution in [-0.4, -0.2) is 87.3 Å². The molecule has 2 atom stereocenters. The van der Waals surface area contributed by atoms with E-state index in [-0.39, 0.29) is 36.4 Å². The van der Waals surface area contributed by atoms with Crippen LogP contribution in [0.3, 0.4) is 0 Å². The van der Waals surface area contributed by atoms with Gasteiger partial charge in [0.2, 0.25) is 5.82 Å². The Kier molecular flexibility index (Phi) is 7.21. The summed E-state index contributed by atoms with van der Waals surface area (Å²) in [5, 5.41) is 22.3. The number of fused-ring (bicyclic) bond motifs is 1. The van der Waals surface area contributed by atoms with E-state index in [2.05, 4.69) is 14.9 Å². The number of nitrogens with zero attached hydrogens (tertiary/aromatic N) is 5. The Labute approximate surface area is 228 Å². The number of amides is 1. The number of rotatable bonds is 4. The van der Waals surface area contributed by atoms with E-state index >= 15 is 0 Å². The van der Waals surface area contributed by atoms with Crippen molar-refractivity contribution in [2.24, 2.45) is 0 Å². The summed E-state index contributed by atoms with van der Waals surface area (Å²) >= 11 is 5.92. The van der Waals surface area contributed by atoms with Crippen molar-refractivity contribution in [1.29, 1.82) is 0 Å². The molecule has 2 fully saturated rings. The Hall–Kier alpha value is -2.99. The number of hydrogen-bond acceptors (Lipinski definition) is 7. The molecule has 1 aromatic heterocycles. The molecule has 2 saturated heterocycles. The van der Waals surface area contributed by atoms with Crippen molar-refractivity contribution < 1.29 is 28.2 Å². The average molecular weight is 564 g/mol. The van der Waals surface area contributed by atoms with E-state index in [1.54, 1.807) is 60.0 Å². The number of carbonyl (C=O) groups excluding carboxylic acids is 1. The SMILES string of the molecule is CC(C)(O)c1ccc2nc(C(F)(F)F)nc(N3CC(O)C(N4CCN(C(=O)c5ccc(Cl)cc5)CC4)C3)c2c1. The number of anilines is 1. The van der Waals surface area contributed by atoms with E-state index in [1.807, 2.05) is 0 Å². The Morgan fingerprint density at radius 3 is 2.28 bits per heavy atom. The van der Waals surface area contributed by atoms with Crippen molar-refractivity contribution in [1.82, 2.24) is 19.8 Å². The molecule has 0 radical (unpaired) electrons. The standard InChI is InChI=1S/C27H29ClF3N5O3/c1-26(2,39)17-5-8-20-19(13-17)23(33-25(32-20)27(29,30)31)36-14-21(22(37)15-36)34-9-11-35(12-10-34)24(38)16-3-6-18(28)7-4-16/h3-8,13,21-22,37,39H,9-12,14-15H2,1-2H3. The maximum Gasteiger partial charge on any atom is 0.451 e. The summed E-state index contributed by atoms with van der Waals surface area (Å²) in [6, 6.07) is 10.9. The topological polar surface area (TPSA) is 93.0 Å². The number of carbonyl (C=O) groups is 1. The Morgan fingerprint density at radius 2 is 1.67 bits per heavy atom. The zero-order chi connectivity index (χ0) is 28.1. The molecule has 39 heavy (non-hydrogen) atoms. The van der Waals surface area contributed by atoms with E-state index in [1.165, 1.54) is 6.07 Å². The van der Waals surface area contributed by atoms with Crippen LogP contribution in [0.1, 0.15) is 35.6 Å². The summed E-state index contributed by atoms with van der Waals surface area (Å²) in [6.07, 6.45) is -5.58. The van der Waals surface area contributed by atoms with E-state index in [0.717, 1.165) is 0 Å². The van der Waals surface area contributed by atoms with Crippen molar-refractivity contribution in [2.45, 2.75) is 37.8 Å². The van der Waals surface area contributed by atoms with E-state index in [4.69, 9.17) is 11.6 Å². The fourth-order valence-corrected chi connectivity index (χ4v) is 5.32. The number of β-amino-alcohol motifs (C(OH)–C–C–N with tert-alkyl or cyclic N) is 1. The summed E-state index contributed by atoms with van der Waals surface area (Å²) < 4.78 is 41.0. The summed E-state index contributed by atoms with van der Waals surface area (Å²) in [6.45, 7) is 5.44. The number of aromatic nitrogens is 2. The van der Waals surface area contributed by atoms with Crippen LogP contribution in [0.25, 0.3) is 10.9 Å². The van der Waals surface area contributed by atoms with E-state index in [9.17, 15) is 28.2 Å². The monoisotopic (exact) mass is 563 g/mol. The minimum Gasteiger partial charge on any atom is -0.390 e. The summed E-state index contributed by atoms with van der Waals surface area (Å²) in [5.41, 5.74) is -0.0592. The van der Waals surface area contributed by atoms with Crippen molar-refractivity contribution >= 4 is 34.2 Å². The minimum atomic E-state index is -4.75. The van der Waals surface area contributed by atoms with Crippen LogP contribution in [0.5, 0.6) is 0 Å². The average Bonchev–Trinajstić information content (AvgIpc) is 3.28. The smallest absolute Gasteiger partial charge is 0.390 e. The van der Waals surface area contributed by atoms with Gasteiger partial charge < -0.3 is 20.0 Å². The van der Waals surface area contributed by atoms with Gasteiger partial charge in [-0.2, -0.15) is 13.2 Å². The third kappa shape index (κ3) is 5.67. The number of aliphatic hydroxyl groups is 2. The molecule has 3 heterocycles. The quantitative estimate of drug-likeness (QED) is 0.502. The molecule has 2 aromatic carbocycles. The highest BCUT2D eigenvalue weighted by Crippen LogP contribution is 2.35. The third-order valence-electron chi connectivity index (χ3n) is 7.36. The summed E-state index contributed by atoms with van der Waals surface area (Å²) in [4.78, 5) is 25.9. The van der Waals surface area contributed by atoms with Gasteiger partial charge in [-0.1, -0.05) is 17.7 Å². The van der Waals surface area contributed by atoms with Gasteiger partial charge in [0.05, 0.1) is 23.3 Å². The zero-order valence-corrected chi connectivity index (χ0v) is 22.2. The summed E-state index contributed by atoms with van der Waals surface area (Å²) in [5.74, 6) is -1.29. The van der Waals surface area contributed by atoms with E-state index < -0.39 is 23.7 Å². The molecule has 208 valence electrons. The van der Waals surface area contributed by atoms with Gasteiger partial charge in [0.15, 0.2) is 0 Å². The lowest BCUT2D eigenvalue weighted by Gasteiger charge is -2.38. The first kappa shape index (κ1) is 27.6. The first-order valence-electron chi connectivity index (χ1n) is 12.6. The highest BCUT2D eigenvalue weighted by Gasteiger charge is 2.41. The predicted octanol–water partition coefficient (Wildman–Crippen LogP) is 3.54. The van der Waals surface area contributed by atoms with Gasteiger partial charge >= 0.3 is 6.18 Å². The van der Waals surface area contributed by atoms with Crippen LogP contribution in [0.2, 0.25) is 5.02 Å². The number of aliphatic hydroxyl groups excluding tert-OH is 1. The van der Waals surface area contributed by atoms with Crippen LogP contribution < -0.4 is 4.90 Å². The minimum absolute atomic E-state index is 0.0662. The van der Waals surface area contributed by atoms with Crippen LogP contribution >= 0.6 is 11.6 Å². The van der Waals surface area contributed by atoms with Crippen molar-refractivity contribution in [2.75, 3.05) is 44.2 Å². The molecular formula is C27H29ClF3N5O3. The second-order valence-corrected chi connectivity index (χ2v) is 11.0.